The topological polar surface area (TPSA) is 72.2 Å². The van der Waals surface area contributed by atoms with E-state index in [2.05, 4.69) is 4.98 Å². The molecule has 0 radical (unpaired) electrons. The van der Waals surface area contributed by atoms with Crippen LogP contribution in [-0.2, 0) is 4.33 Å². The second-order valence-electron chi connectivity index (χ2n) is 4.07. The van der Waals surface area contributed by atoms with Gasteiger partial charge in [-0.3, -0.25) is 9.36 Å². The Bertz CT molecular complexity index is 539. The molecule has 0 saturated heterocycles. The fourth-order valence-corrected chi connectivity index (χ4v) is 2.42. The minimum atomic E-state index is -1.30. The minimum absolute atomic E-state index is 0.157. The lowest BCUT2D eigenvalue weighted by molar-refractivity contribution is 0.0693. The number of alkyl halides is 2. The molecule has 0 bridgehead atoms. The van der Waals surface area contributed by atoms with Gasteiger partial charge in [-0.15, -0.1) is 0 Å². The third-order valence-electron chi connectivity index (χ3n) is 2.87. The largest absolute Gasteiger partial charge is 0.477 e. The van der Waals surface area contributed by atoms with E-state index >= 15 is 0 Å². The van der Waals surface area contributed by atoms with Crippen molar-refractivity contribution >= 4 is 29.2 Å². The number of carboxylic acids is 1. The van der Waals surface area contributed by atoms with Crippen LogP contribution in [0.3, 0.4) is 0 Å². The van der Waals surface area contributed by atoms with Crippen molar-refractivity contribution < 1.29 is 9.90 Å². The molecule has 92 valence electrons. The van der Waals surface area contributed by atoms with Crippen LogP contribution in [-0.4, -0.2) is 20.6 Å². The van der Waals surface area contributed by atoms with Crippen molar-refractivity contribution in [2.75, 3.05) is 0 Å². The lowest BCUT2D eigenvalue weighted by Gasteiger charge is -2.32. The maximum Gasteiger partial charge on any atom is 0.342 e. The van der Waals surface area contributed by atoms with Gasteiger partial charge in [0, 0.05) is 12.2 Å². The molecule has 1 atom stereocenters. The highest BCUT2D eigenvalue weighted by molar-refractivity contribution is 6.47. The number of aromatic nitrogens is 2. The van der Waals surface area contributed by atoms with Crippen LogP contribution in [0.25, 0.3) is 0 Å². The summed E-state index contributed by atoms with van der Waals surface area (Å²) in [4.78, 5) is 26.8. The predicted octanol–water partition coefficient (Wildman–Crippen LogP) is 1.93. The highest BCUT2D eigenvalue weighted by atomic mass is 35.5. The van der Waals surface area contributed by atoms with Crippen LogP contribution in [0, 0.1) is 0 Å². The van der Waals surface area contributed by atoms with Crippen molar-refractivity contribution in [3.8, 4) is 0 Å². The van der Waals surface area contributed by atoms with E-state index in [4.69, 9.17) is 28.3 Å². The Morgan fingerprint density at radius 2 is 2.29 bits per heavy atom. The number of carbonyl (C=O) groups is 1. The normalized spacial score (nSPS) is 21.9. The molecule has 1 aromatic heterocycles. The van der Waals surface area contributed by atoms with Gasteiger partial charge in [0.25, 0.3) is 5.56 Å². The minimum Gasteiger partial charge on any atom is -0.477 e. The van der Waals surface area contributed by atoms with Crippen molar-refractivity contribution in [3.05, 3.63) is 27.9 Å². The molecule has 0 unspecified atom stereocenters. The summed E-state index contributed by atoms with van der Waals surface area (Å²) < 4.78 is 0.0374. The molecule has 1 aliphatic heterocycles. The van der Waals surface area contributed by atoms with E-state index in [1.807, 2.05) is 0 Å². The number of hydrogen-bond acceptors (Lipinski definition) is 3. The fourth-order valence-electron chi connectivity index (χ4n) is 1.93. The summed E-state index contributed by atoms with van der Waals surface area (Å²) in [6.45, 7) is 1.81. The third-order valence-corrected chi connectivity index (χ3v) is 3.58. The lowest BCUT2D eigenvalue weighted by atomic mass is 10.0. The first-order valence-electron chi connectivity index (χ1n) is 5.07. The van der Waals surface area contributed by atoms with Gasteiger partial charge in [0.1, 0.15) is 11.4 Å². The number of halogens is 2. The molecule has 7 heteroatoms. The first-order chi connectivity index (χ1) is 7.84. The van der Waals surface area contributed by atoms with Crippen molar-refractivity contribution in [1.29, 1.82) is 0 Å². The van der Waals surface area contributed by atoms with Crippen LogP contribution in [0.2, 0.25) is 0 Å². The average Bonchev–Trinajstić information content (AvgIpc) is 2.23. The number of carboxylic acid groups (broad SMARTS) is 1. The smallest absolute Gasteiger partial charge is 0.342 e. The molecule has 0 spiro atoms. The van der Waals surface area contributed by atoms with Crippen LogP contribution < -0.4 is 5.56 Å². The molecule has 0 fully saturated rings. The molecule has 1 aromatic rings. The van der Waals surface area contributed by atoms with Crippen LogP contribution in [0.5, 0.6) is 0 Å². The van der Waals surface area contributed by atoms with E-state index in [1.54, 1.807) is 6.92 Å². The number of aromatic carboxylic acids is 1. The Morgan fingerprint density at radius 1 is 1.65 bits per heavy atom. The second-order valence-corrected chi connectivity index (χ2v) is 5.55. The first kappa shape index (κ1) is 12.4. The number of fused-ring (bicyclic) bond motifs is 1. The summed E-state index contributed by atoms with van der Waals surface area (Å²) in [7, 11) is 0. The first-order valence-corrected chi connectivity index (χ1v) is 5.83. The Labute approximate surface area is 107 Å². The predicted molar refractivity (Wildman–Crippen MR) is 62.8 cm³/mol. The van der Waals surface area contributed by atoms with Gasteiger partial charge >= 0.3 is 5.97 Å². The van der Waals surface area contributed by atoms with Crippen LogP contribution >= 0.6 is 23.2 Å². The molecule has 2 heterocycles. The number of nitrogens with zero attached hydrogens (tertiary/aromatic N) is 2. The van der Waals surface area contributed by atoms with Gasteiger partial charge in [-0.2, -0.15) is 0 Å². The van der Waals surface area contributed by atoms with E-state index in [0.29, 0.717) is 12.8 Å². The number of rotatable bonds is 1. The summed E-state index contributed by atoms with van der Waals surface area (Å²) in [6.07, 6.45) is 2.09. The summed E-state index contributed by atoms with van der Waals surface area (Å²) in [5.41, 5.74) is -0.980. The van der Waals surface area contributed by atoms with E-state index in [9.17, 15) is 9.59 Å². The highest BCUT2D eigenvalue weighted by Crippen LogP contribution is 2.42. The summed E-state index contributed by atoms with van der Waals surface area (Å²) in [6, 6.07) is -0.157. The van der Waals surface area contributed by atoms with Gasteiger partial charge < -0.3 is 5.11 Å². The third kappa shape index (κ3) is 1.93. The molecule has 2 rings (SSSR count). The molecular formula is C10H10Cl2N2O3. The maximum absolute atomic E-state index is 12.0. The summed E-state index contributed by atoms with van der Waals surface area (Å²) >= 11 is 12.1. The molecule has 0 aromatic carbocycles. The highest BCUT2D eigenvalue weighted by Gasteiger charge is 2.38. The van der Waals surface area contributed by atoms with Gasteiger partial charge in [-0.05, 0) is 19.8 Å². The Balaban J connectivity index is 2.73. The number of hydrogen-bond donors (Lipinski definition) is 1. The fraction of sp³-hybridized carbons (Fsp3) is 0.500. The standard InChI is InChI=1S/C10H10Cl2N2O3/c1-5-2-3-10(11,12)9-13-4-6(8(16)17)7(15)14(5)9/h4-5H,2-3H2,1H3,(H,16,17)/t5-/m1/s1. The second kappa shape index (κ2) is 3.99. The summed E-state index contributed by atoms with van der Waals surface area (Å²) in [5.74, 6) is -1.08. The van der Waals surface area contributed by atoms with E-state index in [-0.39, 0.29) is 17.4 Å². The summed E-state index contributed by atoms with van der Waals surface area (Å²) in [5, 5.41) is 8.86. The van der Waals surface area contributed by atoms with Gasteiger partial charge in [-0.1, -0.05) is 23.2 Å². The van der Waals surface area contributed by atoms with Crippen molar-refractivity contribution in [2.24, 2.45) is 0 Å². The average molecular weight is 277 g/mol. The Hall–Kier alpha value is -1.07. The molecule has 17 heavy (non-hydrogen) atoms. The van der Waals surface area contributed by atoms with Gasteiger partial charge in [0.05, 0.1) is 0 Å². The quantitative estimate of drug-likeness (QED) is 0.796. The zero-order valence-electron chi connectivity index (χ0n) is 8.98. The Kier molecular flexibility index (Phi) is 2.91. The zero-order valence-corrected chi connectivity index (χ0v) is 10.5. The Morgan fingerprint density at radius 3 is 2.88 bits per heavy atom. The molecular weight excluding hydrogens is 267 g/mol. The molecule has 5 nitrogen and oxygen atoms in total. The van der Waals surface area contributed by atoms with E-state index in [0.717, 1.165) is 6.20 Å². The monoisotopic (exact) mass is 276 g/mol. The molecule has 1 aliphatic rings. The molecule has 0 amide bonds. The van der Waals surface area contributed by atoms with Gasteiger partial charge in [0.2, 0.25) is 0 Å². The van der Waals surface area contributed by atoms with Crippen LogP contribution in [0.1, 0.15) is 42.0 Å². The zero-order chi connectivity index (χ0) is 12.8. The molecule has 0 aliphatic carbocycles. The van der Waals surface area contributed by atoms with Crippen molar-refractivity contribution in [3.63, 3.8) is 0 Å². The van der Waals surface area contributed by atoms with Crippen LogP contribution in [0.15, 0.2) is 11.0 Å². The molecule has 1 N–H and O–H groups in total. The molecule has 0 saturated carbocycles. The SMILES string of the molecule is C[C@@H]1CCC(Cl)(Cl)c2ncc(C(=O)O)c(=O)n21. The van der Waals surface area contributed by atoms with Gasteiger partial charge in [-0.25, -0.2) is 9.78 Å². The van der Waals surface area contributed by atoms with E-state index < -0.39 is 15.9 Å². The van der Waals surface area contributed by atoms with Crippen LogP contribution in [0.4, 0.5) is 0 Å². The van der Waals surface area contributed by atoms with Crippen molar-refractivity contribution in [1.82, 2.24) is 9.55 Å². The van der Waals surface area contributed by atoms with Gasteiger partial charge in [0.15, 0.2) is 4.33 Å². The maximum atomic E-state index is 12.0. The van der Waals surface area contributed by atoms with Crippen molar-refractivity contribution in [2.45, 2.75) is 30.1 Å². The van der Waals surface area contributed by atoms with E-state index in [1.165, 1.54) is 4.57 Å². The lowest BCUT2D eigenvalue weighted by Crippen LogP contribution is -2.39.